The first-order chi connectivity index (χ1) is 6.12. The summed E-state index contributed by atoms with van der Waals surface area (Å²) >= 11 is 0. The van der Waals surface area contributed by atoms with Crippen LogP contribution in [-0.2, 0) is 9.47 Å². The Bertz CT molecular complexity index is 189. The molecule has 0 radical (unpaired) electrons. The van der Waals surface area contributed by atoms with E-state index in [0.717, 1.165) is 5.92 Å². The van der Waals surface area contributed by atoms with E-state index in [0.29, 0.717) is 12.2 Å². The summed E-state index contributed by atoms with van der Waals surface area (Å²) in [5.41, 5.74) is 0. The highest BCUT2D eigenvalue weighted by molar-refractivity contribution is 4.89. The van der Waals surface area contributed by atoms with Gasteiger partial charge in [0.1, 0.15) is 0 Å². The Morgan fingerprint density at radius 3 is 2.69 bits per heavy atom. The quantitative estimate of drug-likeness (QED) is 0.624. The summed E-state index contributed by atoms with van der Waals surface area (Å²) in [5.74, 6) is 0.383. The van der Waals surface area contributed by atoms with Gasteiger partial charge in [0.05, 0.1) is 12.2 Å². The van der Waals surface area contributed by atoms with Gasteiger partial charge >= 0.3 is 0 Å². The van der Waals surface area contributed by atoms with Crippen molar-refractivity contribution in [2.75, 3.05) is 0 Å². The molecule has 1 heterocycles. The molecule has 1 saturated carbocycles. The van der Waals surface area contributed by atoms with Gasteiger partial charge < -0.3 is 9.47 Å². The fourth-order valence-electron chi connectivity index (χ4n) is 2.67. The van der Waals surface area contributed by atoms with Gasteiger partial charge in [0.25, 0.3) is 0 Å². The smallest absolute Gasteiger partial charge is 0.163 e. The molecule has 2 rings (SSSR count). The standard InChI is InChI=1S/C11H20O2/c1-4-8-6-5-7-9-10(8)13-11(2,3)12-9/h8-10H,4-7H2,1-3H3. The molecule has 0 aromatic rings. The van der Waals surface area contributed by atoms with E-state index in [1.165, 1.54) is 25.7 Å². The van der Waals surface area contributed by atoms with Gasteiger partial charge in [-0.25, -0.2) is 0 Å². The van der Waals surface area contributed by atoms with Gasteiger partial charge in [0, 0.05) is 0 Å². The van der Waals surface area contributed by atoms with Crippen molar-refractivity contribution in [2.45, 2.75) is 64.4 Å². The second-order valence-corrected chi connectivity index (χ2v) is 4.74. The number of hydrogen-bond donors (Lipinski definition) is 0. The third kappa shape index (κ3) is 1.75. The molecule has 1 aliphatic heterocycles. The van der Waals surface area contributed by atoms with Crippen molar-refractivity contribution in [3.63, 3.8) is 0 Å². The first-order valence-electron chi connectivity index (χ1n) is 5.48. The zero-order chi connectivity index (χ0) is 9.47. The highest BCUT2D eigenvalue weighted by Crippen LogP contribution is 2.40. The van der Waals surface area contributed by atoms with E-state index < -0.39 is 0 Å². The van der Waals surface area contributed by atoms with Crippen molar-refractivity contribution in [1.82, 2.24) is 0 Å². The number of rotatable bonds is 1. The average molecular weight is 184 g/mol. The van der Waals surface area contributed by atoms with Crippen LogP contribution in [0.4, 0.5) is 0 Å². The molecule has 2 fully saturated rings. The van der Waals surface area contributed by atoms with Crippen LogP contribution >= 0.6 is 0 Å². The third-order valence-electron chi connectivity index (χ3n) is 3.27. The monoisotopic (exact) mass is 184 g/mol. The van der Waals surface area contributed by atoms with Crippen LogP contribution in [0.15, 0.2) is 0 Å². The first kappa shape index (κ1) is 9.47. The fraction of sp³-hybridized carbons (Fsp3) is 1.00. The number of fused-ring (bicyclic) bond motifs is 1. The molecule has 3 atom stereocenters. The summed E-state index contributed by atoms with van der Waals surface area (Å²) in [7, 11) is 0. The molecule has 0 aromatic heterocycles. The van der Waals surface area contributed by atoms with Crippen LogP contribution in [0.1, 0.15) is 46.5 Å². The highest BCUT2D eigenvalue weighted by Gasteiger charge is 2.45. The first-order valence-corrected chi connectivity index (χ1v) is 5.48. The second-order valence-electron chi connectivity index (χ2n) is 4.74. The molecule has 0 aromatic carbocycles. The van der Waals surface area contributed by atoms with Crippen LogP contribution in [0.5, 0.6) is 0 Å². The molecule has 0 bridgehead atoms. The zero-order valence-corrected chi connectivity index (χ0v) is 8.88. The predicted molar refractivity (Wildman–Crippen MR) is 51.5 cm³/mol. The lowest BCUT2D eigenvalue weighted by Gasteiger charge is -2.30. The van der Waals surface area contributed by atoms with Crippen LogP contribution in [0.2, 0.25) is 0 Å². The summed E-state index contributed by atoms with van der Waals surface area (Å²) in [6, 6.07) is 0. The number of hydrogen-bond acceptors (Lipinski definition) is 2. The molecule has 76 valence electrons. The predicted octanol–water partition coefficient (Wildman–Crippen LogP) is 2.72. The van der Waals surface area contributed by atoms with Crippen LogP contribution in [0.3, 0.4) is 0 Å². The molecule has 2 heteroatoms. The van der Waals surface area contributed by atoms with E-state index in [1.54, 1.807) is 0 Å². The Morgan fingerprint density at radius 1 is 1.23 bits per heavy atom. The SMILES string of the molecule is CCC1CCCC2OC(C)(C)OC12. The zero-order valence-electron chi connectivity index (χ0n) is 8.88. The maximum absolute atomic E-state index is 5.93. The van der Waals surface area contributed by atoms with E-state index in [1.807, 2.05) is 13.8 Å². The average Bonchev–Trinajstić information content (AvgIpc) is 2.37. The Labute approximate surface area is 80.6 Å². The fourth-order valence-corrected chi connectivity index (χ4v) is 2.67. The van der Waals surface area contributed by atoms with Crippen LogP contribution < -0.4 is 0 Å². The van der Waals surface area contributed by atoms with Gasteiger partial charge in [-0.1, -0.05) is 19.8 Å². The van der Waals surface area contributed by atoms with Crippen LogP contribution in [0.25, 0.3) is 0 Å². The van der Waals surface area contributed by atoms with E-state index in [9.17, 15) is 0 Å². The van der Waals surface area contributed by atoms with Gasteiger partial charge in [0.15, 0.2) is 5.79 Å². The Kier molecular flexibility index (Phi) is 2.37. The molecule has 0 N–H and O–H groups in total. The number of ether oxygens (including phenoxy) is 2. The Morgan fingerprint density at radius 2 is 2.00 bits per heavy atom. The highest BCUT2D eigenvalue weighted by atomic mass is 16.8. The van der Waals surface area contributed by atoms with Gasteiger partial charge in [0.2, 0.25) is 0 Å². The second kappa shape index (κ2) is 3.25. The van der Waals surface area contributed by atoms with Crippen LogP contribution in [-0.4, -0.2) is 18.0 Å². The minimum atomic E-state index is -0.340. The van der Waals surface area contributed by atoms with E-state index in [2.05, 4.69) is 6.92 Å². The molecule has 0 amide bonds. The molecule has 2 aliphatic rings. The topological polar surface area (TPSA) is 18.5 Å². The van der Waals surface area contributed by atoms with E-state index in [4.69, 9.17) is 9.47 Å². The summed E-state index contributed by atoms with van der Waals surface area (Å²) in [6.45, 7) is 6.30. The van der Waals surface area contributed by atoms with Gasteiger partial charge in [-0.2, -0.15) is 0 Å². The van der Waals surface area contributed by atoms with Crippen molar-refractivity contribution in [2.24, 2.45) is 5.92 Å². The summed E-state index contributed by atoms with van der Waals surface area (Å²) < 4.78 is 11.8. The van der Waals surface area contributed by atoms with Crippen molar-refractivity contribution in [1.29, 1.82) is 0 Å². The molecule has 2 nitrogen and oxygen atoms in total. The molecular formula is C11H20O2. The van der Waals surface area contributed by atoms with Crippen molar-refractivity contribution in [3.8, 4) is 0 Å². The summed E-state index contributed by atoms with van der Waals surface area (Å²) in [4.78, 5) is 0. The maximum Gasteiger partial charge on any atom is 0.163 e. The van der Waals surface area contributed by atoms with Gasteiger partial charge in [-0.3, -0.25) is 0 Å². The normalized spacial score (nSPS) is 43.2. The molecule has 1 saturated heterocycles. The third-order valence-corrected chi connectivity index (χ3v) is 3.27. The Hall–Kier alpha value is -0.0800. The van der Waals surface area contributed by atoms with Gasteiger partial charge in [-0.15, -0.1) is 0 Å². The minimum absolute atomic E-state index is 0.340. The lowest BCUT2D eigenvalue weighted by Crippen LogP contribution is -2.34. The summed E-state index contributed by atoms with van der Waals surface area (Å²) in [5, 5.41) is 0. The maximum atomic E-state index is 5.93. The lowest BCUT2D eigenvalue weighted by molar-refractivity contribution is -0.149. The molecule has 13 heavy (non-hydrogen) atoms. The van der Waals surface area contributed by atoms with Crippen molar-refractivity contribution >= 4 is 0 Å². The van der Waals surface area contributed by atoms with Crippen molar-refractivity contribution < 1.29 is 9.47 Å². The van der Waals surface area contributed by atoms with E-state index in [-0.39, 0.29) is 5.79 Å². The molecular weight excluding hydrogens is 164 g/mol. The minimum Gasteiger partial charge on any atom is -0.345 e. The lowest BCUT2D eigenvalue weighted by atomic mass is 9.83. The largest absolute Gasteiger partial charge is 0.345 e. The van der Waals surface area contributed by atoms with Gasteiger partial charge in [-0.05, 0) is 32.6 Å². The Balaban J connectivity index is 2.08. The van der Waals surface area contributed by atoms with E-state index >= 15 is 0 Å². The van der Waals surface area contributed by atoms with Crippen molar-refractivity contribution in [3.05, 3.63) is 0 Å². The molecule has 3 unspecified atom stereocenters. The summed E-state index contributed by atoms with van der Waals surface area (Å²) in [6.07, 6.45) is 5.77. The molecule has 1 aliphatic carbocycles. The molecule has 0 spiro atoms. The van der Waals surface area contributed by atoms with Crippen LogP contribution in [0, 0.1) is 5.92 Å².